The second kappa shape index (κ2) is 6.95. The fourth-order valence-electron chi connectivity index (χ4n) is 2.94. The van der Waals surface area contributed by atoms with E-state index in [2.05, 4.69) is 55.3 Å². The van der Waals surface area contributed by atoms with Crippen molar-refractivity contribution in [3.63, 3.8) is 0 Å². The van der Waals surface area contributed by atoms with Crippen LogP contribution in [0.4, 0.5) is 5.69 Å². The van der Waals surface area contributed by atoms with Crippen LogP contribution in [0.3, 0.4) is 0 Å². The van der Waals surface area contributed by atoms with E-state index in [0.717, 1.165) is 12.5 Å². The summed E-state index contributed by atoms with van der Waals surface area (Å²) in [5, 5.41) is 3.49. The summed E-state index contributed by atoms with van der Waals surface area (Å²) in [5.41, 5.74) is 3.00. The Morgan fingerprint density at radius 2 is 2.05 bits per heavy atom. The van der Waals surface area contributed by atoms with Gasteiger partial charge in [-0.3, -0.25) is 0 Å². The van der Waals surface area contributed by atoms with Crippen molar-refractivity contribution in [1.29, 1.82) is 0 Å². The van der Waals surface area contributed by atoms with Gasteiger partial charge in [0.25, 0.3) is 0 Å². The SMILES string of the molecule is CC1Cc2ccccc2N(CCCCNC(C)C)C1. The van der Waals surface area contributed by atoms with E-state index in [-0.39, 0.29) is 0 Å². The summed E-state index contributed by atoms with van der Waals surface area (Å²) in [4.78, 5) is 2.58. The Morgan fingerprint density at radius 1 is 1.26 bits per heavy atom. The van der Waals surface area contributed by atoms with Gasteiger partial charge in [0.15, 0.2) is 0 Å². The monoisotopic (exact) mass is 260 g/mol. The van der Waals surface area contributed by atoms with E-state index in [4.69, 9.17) is 0 Å². The third kappa shape index (κ3) is 4.24. The standard InChI is InChI=1S/C17H28N2/c1-14(2)18-10-6-7-11-19-13-15(3)12-16-8-4-5-9-17(16)19/h4-5,8-9,14-15,18H,6-7,10-13H2,1-3H3. The summed E-state index contributed by atoms with van der Waals surface area (Å²) in [6, 6.07) is 9.52. The lowest BCUT2D eigenvalue weighted by Gasteiger charge is -2.35. The van der Waals surface area contributed by atoms with Gasteiger partial charge in [-0.15, -0.1) is 0 Å². The Kier molecular flexibility index (Phi) is 5.26. The molecule has 19 heavy (non-hydrogen) atoms. The summed E-state index contributed by atoms with van der Waals surface area (Å²) in [6.45, 7) is 10.3. The van der Waals surface area contributed by atoms with E-state index < -0.39 is 0 Å². The van der Waals surface area contributed by atoms with Crippen molar-refractivity contribution in [2.75, 3.05) is 24.5 Å². The summed E-state index contributed by atoms with van der Waals surface area (Å²) in [6.07, 6.45) is 3.79. The van der Waals surface area contributed by atoms with Crippen molar-refractivity contribution in [3.8, 4) is 0 Å². The summed E-state index contributed by atoms with van der Waals surface area (Å²) in [7, 11) is 0. The lowest BCUT2D eigenvalue weighted by atomic mass is 9.94. The van der Waals surface area contributed by atoms with Crippen LogP contribution in [0.25, 0.3) is 0 Å². The Morgan fingerprint density at radius 3 is 2.84 bits per heavy atom. The zero-order valence-corrected chi connectivity index (χ0v) is 12.7. The Labute approximate surface area is 118 Å². The first-order valence-corrected chi connectivity index (χ1v) is 7.73. The van der Waals surface area contributed by atoms with Crippen LogP contribution in [0.1, 0.15) is 39.2 Å². The molecule has 1 atom stereocenters. The lowest BCUT2D eigenvalue weighted by molar-refractivity contribution is 0.511. The maximum absolute atomic E-state index is 3.49. The molecule has 1 aromatic carbocycles. The van der Waals surface area contributed by atoms with Crippen molar-refractivity contribution in [2.24, 2.45) is 5.92 Å². The van der Waals surface area contributed by atoms with Crippen LogP contribution in [0.15, 0.2) is 24.3 Å². The molecule has 2 rings (SSSR count). The molecule has 1 N–H and O–H groups in total. The molecule has 2 nitrogen and oxygen atoms in total. The van der Waals surface area contributed by atoms with E-state index >= 15 is 0 Å². The van der Waals surface area contributed by atoms with Gasteiger partial charge in [0, 0.05) is 24.8 Å². The Hall–Kier alpha value is -1.02. The van der Waals surface area contributed by atoms with Gasteiger partial charge in [0.2, 0.25) is 0 Å². The van der Waals surface area contributed by atoms with Gasteiger partial charge in [-0.2, -0.15) is 0 Å². The number of rotatable bonds is 6. The average Bonchev–Trinajstić information content (AvgIpc) is 2.37. The van der Waals surface area contributed by atoms with E-state index in [1.165, 1.54) is 43.6 Å². The maximum Gasteiger partial charge on any atom is 0.0398 e. The first-order valence-electron chi connectivity index (χ1n) is 7.73. The predicted octanol–water partition coefficient (Wildman–Crippen LogP) is 3.46. The molecule has 0 aromatic heterocycles. The van der Waals surface area contributed by atoms with Crippen LogP contribution < -0.4 is 10.2 Å². The highest BCUT2D eigenvalue weighted by Gasteiger charge is 2.20. The fourth-order valence-corrected chi connectivity index (χ4v) is 2.94. The van der Waals surface area contributed by atoms with Crippen LogP contribution in [-0.2, 0) is 6.42 Å². The minimum Gasteiger partial charge on any atom is -0.371 e. The average molecular weight is 260 g/mol. The third-order valence-electron chi connectivity index (χ3n) is 3.84. The van der Waals surface area contributed by atoms with E-state index in [9.17, 15) is 0 Å². The summed E-state index contributed by atoms with van der Waals surface area (Å²) in [5.74, 6) is 0.781. The second-order valence-electron chi connectivity index (χ2n) is 6.20. The van der Waals surface area contributed by atoms with Crippen molar-refractivity contribution >= 4 is 5.69 Å². The van der Waals surface area contributed by atoms with Gasteiger partial charge in [0.05, 0.1) is 0 Å². The molecule has 0 radical (unpaired) electrons. The van der Waals surface area contributed by atoms with Gasteiger partial charge < -0.3 is 10.2 Å². The van der Waals surface area contributed by atoms with Gasteiger partial charge in [0.1, 0.15) is 0 Å². The third-order valence-corrected chi connectivity index (χ3v) is 3.84. The maximum atomic E-state index is 3.49. The van der Waals surface area contributed by atoms with Gasteiger partial charge >= 0.3 is 0 Å². The van der Waals surface area contributed by atoms with Crippen LogP contribution >= 0.6 is 0 Å². The molecule has 0 aliphatic carbocycles. The molecular weight excluding hydrogens is 232 g/mol. The highest BCUT2D eigenvalue weighted by Crippen LogP contribution is 2.29. The molecule has 0 spiro atoms. The Bertz CT molecular complexity index is 387. The lowest BCUT2D eigenvalue weighted by Crippen LogP contribution is -2.35. The molecule has 1 aliphatic rings. The molecular formula is C17H28N2. The number of benzene rings is 1. The summed E-state index contributed by atoms with van der Waals surface area (Å²) < 4.78 is 0. The molecule has 1 aromatic rings. The van der Waals surface area contributed by atoms with Crippen LogP contribution in [0.5, 0.6) is 0 Å². The number of nitrogens with one attached hydrogen (secondary N) is 1. The zero-order chi connectivity index (χ0) is 13.7. The van der Waals surface area contributed by atoms with E-state index in [0.29, 0.717) is 6.04 Å². The van der Waals surface area contributed by atoms with E-state index in [1.807, 2.05) is 0 Å². The highest BCUT2D eigenvalue weighted by atomic mass is 15.1. The van der Waals surface area contributed by atoms with Crippen molar-refractivity contribution in [3.05, 3.63) is 29.8 Å². The van der Waals surface area contributed by atoms with Crippen LogP contribution in [-0.4, -0.2) is 25.7 Å². The normalized spacial score (nSPS) is 18.7. The molecule has 106 valence electrons. The first-order chi connectivity index (χ1) is 9.16. The second-order valence-corrected chi connectivity index (χ2v) is 6.20. The molecule has 0 saturated heterocycles. The number of fused-ring (bicyclic) bond motifs is 1. The van der Waals surface area contributed by atoms with Crippen molar-refractivity contribution in [1.82, 2.24) is 5.32 Å². The van der Waals surface area contributed by atoms with Crippen LogP contribution in [0, 0.1) is 5.92 Å². The molecule has 1 unspecified atom stereocenters. The molecule has 1 aliphatic heterocycles. The van der Waals surface area contributed by atoms with Crippen molar-refractivity contribution in [2.45, 2.75) is 46.1 Å². The Balaban J connectivity index is 1.83. The van der Waals surface area contributed by atoms with Gasteiger partial charge in [-0.05, 0) is 43.4 Å². The zero-order valence-electron chi connectivity index (χ0n) is 12.7. The molecule has 2 heteroatoms. The minimum atomic E-state index is 0.607. The predicted molar refractivity (Wildman–Crippen MR) is 83.9 cm³/mol. The number of anilines is 1. The van der Waals surface area contributed by atoms with Crippen LogP contribution in [0.2, 0.25) is 0 Å². The van der Waals surface area contributed by atoms with E-state index in [1.54, 1.807) is 0 Å². The topological polar surface area (TPSA) is 15.3 Å². The molecule has 1 heterocycles. The first kappa shape index (κ1) is 14.4. The molecule has 0 saturated carbocycles. The molecule has 0 bridgehead atoms. The smallest absolute Gasteiger partial charge is 0.0398 e. The molecule has 0 amide bonds. The number of unbranched alkanes of at least 4 members (excludes halogenated alkanes) is 1. The number of para-hydroxylation sites is 1. The minimum absolute atomic E-state index is 0.607. The number of hydrogen-bond acceptors (Lipinski definition) is 2. The van der Waals surface area contributed by atoms with Gasteiger partial charge in [-0.1, -0.05) is 39.0 Å². The number of hydrogen-bond donors (Lipinski definition) is 1. The quantitative estimate of drug-likeness (QED) is 0.788. The molecule has 0 fully saturated rings. The fraction of sp³-hybridized carbons (Fsp3) is 0.647. The largest absolute Gasteiger partial charge is 0.371 e. The van der Waals surface area contributed by atoms with Gasteiger partial charge in [-0.25, -0.2) is 0 Å². The highest BCUT2D eigenvalue weighted by molar-refractivity contribution is 5.55. The van der Waals surface area contributed by atoms with Crippen molar-refractivity contribution < 1.29 is 0 Å². The number of nitrogens with zero attached hydrogens (tertiary/aromatic N) is 1. The summed E-state index contributed by atoms with van der Waals surface area (Å²) >= 11 is 0.